The van der Waals surface area contributed by atoms with Crippen molar-refractivity contribution in [1.29, 1.82) is 0 Å². The number of nitro groups is 1. The van der Waals surface area contributed by atoms with Crippen molar-refractivity contribution in [2.45, 2.75) is 63.6 Å². The van der Waals surface area contributed by atoms with Gasteiger partial charge in [0.1, 0.15) is 5.69 Å². The maximum atomic E-state index is 12.3. The first-order valence-corrected chi connectivity index (χ1v) is 9.00. The van der Waals surface area contributed by atoms with Gasteiger partial charge in [-0.15, -0.1) is 0 Å². The highest BCUT2D eigenvalue weighted by atomic mass is 16.6. The molecule has 8 heteroatoms. The summed E-state index contributed by atoms with van der Waals surface area (Å²) in [4.78, 5) is 35.1. The molecule has 0 heterocycles. The van der Waals surface area contributed by atoms with Gasteiger partial charge in [0, 0.05) is 18.2 Å². The maximum absolute atomic E-state index is 12.3. The highest BCUT2D eigenvalue weighted by Gasteiger charge is 2.27. The lowest BCUT2D eigenvalue weighted by atomic mass is 10.1. The van der Waals surface area contributed by atoms with E-state index < -0.39 is 17.0 Å². The largest absolute Gasteiger partial charge is 0.449 e. The first kappa shape index (κ1) is 18.2. The summed E-state index contributed by atoms with van der Waals surface area (Å²) in [6.45, 7) is 1.50. The molecule has 0 aliphatic heterocycles. The van der Waals surface area contributed by atoms with E-state index in [0.29, 0.717) is 5.69 Å². The molecule has 2 aliphatic rings. The zero-order chi connectivity index (χ0) is 18.7. The summed E-state index contributed by atoms with van der Waals surface area (Å²) < 4.78 is 5.18. The number of ether oxygens (including phenoxy) is 1. The molecule has 1 atom stereocenters. The number of amides is 1. The first-order chi connectivity index (χ1) is 12.4. The molecule has 0 bridgehead atoms. The Kier molecular flexibility index (Phi) is 5.39. The van der Waals surface area contributed by atoms with Crippen LogP contribution in [0.25, 0.3) is 0 Å². The smallest absolute Gasteiger partial charge is 0.339 e. The normalized spacial score (nSPS) is 18.2. The van der Waals surface area contributed by atoms with Crippen molar-refractivity contribution in [2.24, 2.45) is 0 Å². The fraction of sp³-hybridized carbons (Fsp3) is 0.556. The molecule has 8 nitrogen and oxygen atoms in total. The number of carbonyl (C=O) groups is 2. The van der Waals surface area contributed by atoms with E-state index in [1.54, 1.807) is 0 Å². The van der Waals surface area contributed by atoms with Crippen LogP contribution in [0.5, 0.6) is 0 Å². The Hall–Kier alpha value is -2.64. The Morgan fingerprint density at radius 2 is 1.88 bits per heavy atom. The van der Waals surface area contributed by atoms with Crippen molar-refractivity contribution < 1.29 is 19.2 Å². The second-order valence-electron chi connectivity index (χ2n) is 6.95. The minimum Gasteiger partial charge on any atom is -0.449 e. The van der Waals surface area contributed by atoms with Gasteiger partial charge in [0.2, 0.25) is 0 Å². The van der Waals surface area contributed by atoms with E-state index >= 15 is 0 Å². The number of hydrogen-bond donors (Lipinski definition) is 2. The molecule has 1 aromatic rings. The van der Waals surface area contributed by atoms with Crippen molar-refractivity contribution in [3.8, 4) is 0 Å². The standard InChI is InChI=1S/C18H23N3O5/c1-11(17(22)20-13-4-2-3-5-13)26-18(23)12-6-9-15(19-14-7-8-14)16(10-12)21(24)25/h6,9-11,13-14,19H,2-5,7-8H2,1H3,(H,20,22)/t11-/m0/s1. The Balaban J connectivity index is 1.63. The number of nitrogens with zero attached hydrogens (tertiary/aromatic N) is 1. The maximum Gasteiger partial charge on any atom is 0.339 e. The minimum absolute atomic E-state index is 0.0542. The van der Waals surface area contributed by atoms with Crippen molar-refractivity contribution in [1.82, 2.24) is 5.32 Å². The number of esters is 1. The third-order valence-corrected chi connectivity index (χ3v) is 4.72. The third-order valence-electron chi connectivity index (χ3n) is 4.72. The predicted molar refractivity (Wildman–Crippen MR) is 95.0 cm³/mol. The molecule has 3 rings (SSSR count). The average molecular weight is 361 g/mol. The quantitative estimate of drug-likeness (QED) is 0.439. The van der Waals surface area contributed by atoms with E-state index in [0.717, 1.165) is 38.5 Å². The number of carbonyl (C=O) groups excluding carboxylic acids is 2. The summed E-state index contributed by atoms with van der Waals surface area (Å²) in [5.74, 6) is -1.09. The molecular formula is C18H23N3O5. The second-order valence-corrected chi connectivity index (χ2v) is 6.95. The van der Waals surface area contributed by atoms with Crippen molar-refractivity contribution in [3.63, 3.8) is 0 Å². The molecule has 26 heavy (non-hydrogen) atoms. The molecule has 2 saturated carbocycles. The Bertz CT molecular complexity index is 711. The average Bonchev–Trinajstić information content (AvgIpc) is 3.27. The van der Waals surface area contributed by atoms with Crippen LogP contribution in [0.1, 0.15) is 55.8 Å². The number of nitrogens with one attached hydrogen (secondary N) is 2. The van der Waals surface area contributed by atoms with E-state index in [-0.39, 0.29) is 29.2 Å². The van der Waals surface area contributed by atoms with Gasteiger partial charge in [0.15, 0.2) is 6.10 Å². The van der Waals surface area contributed by atoms with E-state index in [1.165, 1.54) is 25.1 Å². The molecule has 1 aromatic carbocycles. The second kappa shape index (κ2) is 7.72. The number of nitro benzene ring substituents is 1. The van der Waals surface area contributed by atoms with E-state index in [4.69, 9.17) is 4.74 Å². The fourth-order valence-corrected chi connectivity index (χ4v) is 3.05. The molecule has 2 N–H and O–H groups in total. The molecule has 0 radical (unpaired) electrons. The predicted octanol–water partition coefficient (Wildman–Crippen LogP) is 2.77. The van der Waals surface area contributed by atoms with Crippen LogP contribution in [0, 0.1) is 10.1 Å². The molecule has 2 aliphatic carbocycles. The summed E-state index contributed by atoms with van der Waals surface area (Å²) in [6.07, 6.45) is 5.06. The van der Waals surface area contributed by atoms with Crippen molar-refractivity contribution >= 4 is 23.3 Å². The Morgan fingerprint density at radius 3 is 2.50 bits per heavy atom. The third kappa shape index (κ3) is 4.50. The van der Waals surface area contributed by atoms with Gasteiger partial charge in [-0.05, 0) is 44.7 Å². The number of hydrogen-bond acceptors (Lipinski definition) is 6. The van der Waals surface area contributed by atoms with Crippen LogP contribution in [0.4, 0.5) is 11.4 Å². The van der Waals surface area contributed by atoms with Gasteiger partial charge in [-0.2, -0.15) is 0 Å². The molecule has 140 valence electrons. The van der Waals surface area contributed by atoms with Crippen LogP contribution in [0.15, 0.2) is 18.2 Å². The molecule has 2 fully saturated rings. The van der Waals surface area contributed by atoms with Crippen LogP contribution in [-0.4, -0.2) is 35.0 Å². The van der Waals surface area contributed by atoms with Crippen LogP contribution in [-0.2, 0) is 9.53 Å². The summed E-state index contributed by atoms with van der Waals surface area (Å²) in [5.41, 5.74) is 0.272. The van der Waals surface area contributed by atoms with E-state index in [9.17, 15) is 19.7 Å². The zero-order valence-corrected chi connectivity index (χ0v) is 14.7. The number of anilines is 1. The summed E-state index contributed by atoms with van der Waals surface area (Å²) >= 11 is 0. The van der Waals surface area contributed by atoms with Crippen LogP contribution < -0.4 is 10.6 Å². The van der Waals surface area contributed by atoms with Gasteiger partial charge < -0.3 is 15.4 Å². The highest BCUT2D eigenvalue weighted by molar-refractivity contribution is 5.93. The lowest BCUT2D eigenvalue weighted by Gasteiger charge is -2.17. The van der Waals surface area contributed by atoms with Gasteiger partial charge in [-0.25, -0.2) is 4.79 Å². The van der Waals surface area contributed by atoms with E-state index in [1.807, 2.05) is 0 Å². The highest BCUT2D eigenvalue weighted by Crippen LogP contribution is 2.31. The van der Waals surface area contributed by atoms with Crippen molar-refractivity contribution in [3.05, 3.63) is 33.9 Å². The van der Waals surface area contributed by atoms with Gasteiger partial charge in [-0.1, -0.05) is 12.8 Å². The van der Waals surface area contributed by atoms with Crippen LogP contribution in [0.2, 0.25) is 0 Å². The zero-order valence-electron chi connectivity index (χ0n) is 14.7. The number of benzene rings is 1. The summed E-state index contributed by atoms with van der Waals surface area (Å²) in [5, 5.41) is 17.2. The summed E-state index contributed by atoms with van der Waals surface area (Å²) in [7, 11) is 0. The topological polar surface area (TPSA) is 111 Å². The SMILES string of the molecule is C[C@H](OC(=O)c1ccc(NC2CC2)c([N+](=O)[O-])c1)C(=O)NC1CCCC1. The molecule has 0 saturated heterocycles. The molecule has 1 amide bonds. The fourth-order valence-electron chi connectivity index (χ4n) is 3.05. The Labute approximate surface area is 151 Å². The van der Waals surface area contributed by atoms with Gasteiger partial charge >= 0.3 is 5.97 Å². The molecule has 0 spiro atoms. The molecule has 0 aromatic heterocycles. The first-order valence-electron chi connectivity index (χ1n) is 9.00. The van der Waals surface area contributed by atoms with Gasteiger partial charge in [-0.3, -0.25) is 14.9 Å². The Morgan fingerprint density at radius 1 is 1.19 bits per heavy atom. The lowest BCUT2D eigenvalue weighted by Crippen LogP contribution is -2.40. The number of rotatable bonds is 7. The van der Waals surface area contributed by atoms with Crippen LogP contribution >= 0.6 is 0 Å². The van der Waals surface area contributed by atoms with Gasteiger partial charge in [0.05, 0.1) is 10.5 Å². The minimum atomic E-state index is -0.952. The van der Waals surface area contributed by atoms with E-state index in [2.05, 4.69) is 10.6 Å². The summed E-state index contributed by atoms with van der Waals surface area (Å²) in [6, 6.07) is 4.57. The monoisotopic (exact) mass is 361 g/mol. The van der Waals surface area contributed by atoms with Crippen molar-refractivity contribution in [2.75, 3.05) is 5.32 Å². The molecule has 0 unspecified atom stereocenters. The van der Waals surface area contributed by atoms with Gasteiger partial charge in [0.25, 0.3) is 11.6 Å². The molecular weight excluding hydrogens is 338 g/mol. The van der Waals surface area contributed by atoms with Crippen LogP contribution in [0.3, 0.4) is 0 Å². The lowest BCUT2D eigenvalue weighted by molar-refractivity contribution is -0.384.